The SMILES string of the molecule is O=Cc1ccc(CSc2ncccc2Br)o1. The number of hydrogen-bond donors (Lipinski definition) is 0. The number of carbonyl (C=O) groups is 1. The van der Waals surface area contributed by atoms with Crippen LogP contribution in [0.1, 0.15) is 16.3 Å². The van der Waals surface area contributed by atoms with E-state index in [-0.39, 0.29) is 0 Å². The highest BCUT2D eigenvalue weighted by molar-refractivity contribution is 9.10. The molecular weight excluding hydrogens is 290 g/mol. The van der Waals surface area contributed by atoms with E-state index in [1.807, 2.05) is 12.1 Å². The largest absolute Gasteiger partial charge is 0.457 e. The quantitative estimate of drug-likeness (QED) is 0.639. The summed E-state index contributed by atoms with van der Waals surface area (Å²) in [6, 6.07) is 7.27. The summed E-state index contributed by atoms with van der Waals surface area (Å²) in [4.78, 5) is 14.7. The molecule has 0 bridgehead atoms. The van der Waals surface area contributed by atoms with Crippen molar-refractivity contribution < 1.29 is 9.21 Å². The third-order valence-corrected chi connectivity index (χ3v) is 3.80. The number of halogens is 1. The van der Waals surface area contributed by atoms with Crippen LogP contribution in [0.25, 0.3) is 0 Å². The van der Waals surface area contributed by atoms with Gasteiger partial charge in [-0.05, 0) is 40.2 Å². The van der Waals surface area contributed by atoms with E-state index in [0.29, 0.717) is 17.8 Å². The average Bonchev–Trinajstić information content (AvgIpc) is 2.76. The van der Waals surface area contributed by atoms with Gasteiger partial charge in [-0.2, -0.15) is 0 Å². The minimum atomic E-state index is 0.357. The van der Waals surface area contributed by atoms with Gasteiger partial charge < -0.3 is 4.42 Å². The van der Waals surface area contributed by atoms with Crippen LogP contribution in [0.15, 0.2) is 44.4 Å². The smallest absolute Gasteiger partial charge is 0.185 e. The van der Waals surface area contributed by atoms with Crippen molar-refractivity contribution in [2.45, 2.75) is 10.8 Å². The van der Waals surface area contributed by atoms with E-state index in [4.69, 9.17) is 4.42 Å². The maximum atomic E-state index is 10.4. The first-order chi connectivity index (χ1) is 7.79. The number of pyridine rings is 1. The molecule has 0 amide bonds. The van der Waals surface area contributed by atoms with E-state index in [2.05, 4.69) is 20.9 Å². The topological polar surface area (TPSA) is 43.1 Å². The number of aromatic nitrogens is 1. The number of furan rings is 1. The monoisotopic (exact) mass is 297 g/mol. The van der Waals surface area contributed by atoms with Gasteiger partial charge in [0.05, 0.1) is 5.75 Å². The summed E-state index contributed by atoms with van der Waals surface area (Å²) in [6.45, 7) is 0. The Balaban J connectivity index is 2.02. The van der Waals surface area contributed by atoms with Crippen LogP contribution in [0.4, 0.5) is 0 Å². The van der Waals surface area contributed by atoms with Crippen molar-refractivity contribution in [1.29, 1.82) is 0 Å². The first-order valence-corrected chi connectivity index (χ1v) is 6.34. The van der Waals surface area contributed by atoms with Crippen LogP contribution in [-0.2, 0) is 5.75 Å². The van der Waals surface area contributed by atoms with Crippen molar-refractivity contribution in [2.24, 2.45) is 0 Å². The molecule has 0 aliphatic carbocycles. The van der Waals surface area contributed by atoms with E-state index in [1.54, 1.807) is 30.1 Å². The Hall–Kier alpha value is -1.07. The molecule has 0 aliphatic heterocycles. The van der Waals surface area contributed by atoms with Crippen molar-refractivity contribution >= 4 is 34.0 Å². The van der Waals surface area contributed by atoms with E-state index < -0.39 is 0 Å². The molecule has 2 aromatic rings. The Kier molecular flexibility index (Phi) is 3.79. The van der Waals surface area contributed by atoms with Crippen LogP contribution in [0.5, 0.6) is 0 Å². The Morgan fingerprint density at radius 1 is 1.44 bits per heavy atom. The van der Waals surface area contributed by atoms with Crippen LogP contribution < -0.4 is 0 Å². The number of thioether (sulfide) groups is 1. The minimum Gasteiger partial charge on any atom is -0.457 e. The van der Waals surface area contributed by atoms with Crippen molar-refractivity contribution in [1.82, 2.24) is 4.98 Å². The number of aldehydes is 1. The highest BCUT2D eigenvalue weighted by atomic mass is 79.9. The molecule has 0 aromatic carbocycles. The average molecular weight is 298 g/mol. The molecule has 0 fully saturated rings. The highest BCUT2D eigenvalue weighted by Crippen LogP contribution is 2.27. The van der Waals surface area contributed by atoms with Gasteiger partial charge in [-0.3, -0.25) is 4.79 Å². The fraction of sp³-hybridized carbons (Fsp3) is 0.0909. The third kappa shape index (κ3) is 2.74. The van der Waals surface area contributed by atoms with Gasteiger partial charge in [-0.1, -0.05) is 11.8 Å². The number of hydrogen-bond acceptors (Lipinski definition) is 4. The van der Waals surface area contributed by atoms with Gasteiger partial charge in [0, 0.05) is 10.7 Å². The third-order valence-electron chi connectivity index (χ3n) is 1.87. The fourth-order valence-corrected chi connectivity index (χ4v) is 2.53. The second kappa shape index (κ2) is 5.32. The Morgan fingerprint density at radius 2 is 2.31 bits per heavy atom. The number of rotatable bonds is 4. The van der Waals surface area contributed by atoms with Crippen LogP contribution in [0.2, 0.25) is 0 Å². The Bertz CT molecular complexity index is 498. The first-order valence-electron chi connectivity index (χ1n) is 4.57. The van der Waals surface area contributed by atoms with Crippen molar-refractivity contribution in [3.05, 3.63) is 46.5 Å². The first kappa shape index (κ1) is 11.4. The molecule has 2 aromatic heterocycles. The second-order valence-electron chi connectivity index (χ2n) is 3.00. The molecule has 0 saturated heterocycles. The highest BCUT2D eigenvalue weighted by Gasteiger charge is 2.05. The lowest BCUT2D eigenvalue weighted by Gasteiger charge is -2.00. The molecule has 16 heavy (non-hydrogen) atoms. The summed E-state index contributed by atoms with van der Waals surface area (Å²) < 4.78 is 6.22. The molecule has 0 unspecified atom stereocenters. The molecule has 0 radical (unpaired) electrons. The predicted octanol–water partition coefficient (Wildman–Crippen LogP) is 3.54. The Labute approximate surface area is 105 Å². The zero-order chi connectivity index (χ0) is 11.4. The normalized spacial score (nSPS) is 10.3. The maximum Gasteiger partial charge on any atom is 0.185 e. The van der Waals surface area contributed by atoms with Gasteiger partial charge >= 0.3 is 0 Å². The second-order valence-corrected chi connectivity index (χ2v) is 4.82. The van der Waals surface area contributed by atoms with E-state index in [0.717, 1.165) is 15.3 Å². The molecule has 2 rings (SSSR count). The summed E-state index contributed by atoms with van der Waals surface area (Å²) in [5.41, 5.74) is 0. The molecule has 0 aliphatic rings. The molecule has 0 atom stereocenters. The summed E-state index contributed by atoms with van der Waals surface area (Å²) in [5, 5.41) is 0.909. The number of carbonyl (C=O) groups excluding carboxylic acids is 1. The van der Waals surface area contributed by atoms with Gasteiger partial charge in [0.25, 0.3) is 0 Å². The lowest BCUT2D eigenvalue weighted by Crippen LogP contribution is -1.82. The molecule has 0 N–H and O–H groups in total. The molecule has 0 saturated carbocycles. The van der Waals surface area contributed by atoms with Gasteiger partial charge in [-0.25, -0.2) is 4.98 Å². The Morgan fingerprint density at radius 3 is 3.00 bits per heavy atom. The summed E-state index contributed by atoms with van der Waals surface area (Å²) in [6.07, 6.45) is 2.44. The van der Waals surface area contributed by atoms with E-state index in [9.17, 15) is 4.79 Å². The molecule has 3 nitrogen and oxygen atoms in total. The summed E-state index contributed by atoms with van der Waals surface area (Å²) in [5.74, 6) is 1.78. The summed E-state index contributed by atoms with van der Waals surface area (Å²) in [7, 11) is 0. The minimum absolute atomic E-state index is 0.357. The lowest BCUT2D eigenvalue weighted by atomic mass is 10.4. The number of nitrogens with zero attached hydrogens (tertiary/aromatic N) is 1. The van der Waals surface area contributed by atoms with Crippen LogP contribution in [0.3, 0.4) is 0 Å². The predicted molar refractivity (Wildman–Crippen MR) is 65.6 cm³/mol. The van der Waals surface area contributed by atoms with Crippen molar-refractivity contribution in [3.63, 3.8) is 0 Å². The van der Waals surface area contributed by atoms with Crippen molar-refractivity contribution in [3.8, 4) is 0 Å². The van der Waals surface area contributed by atoms with Crippen molar-refractivity contribution in [2.75, 3.05) is 0 Å². The van der Waals surface area contributed by atoms with Crippen LogP contribution in [0, 0.1) is 0 Å². The van der Waals surface area contributed by atoms with Gasteiger partial charge in [0.2, 0.25) is 0 Å². The van der Waals surface area contributed by atoms with E-state index >= 15 is 0 Å². The van der Waals surface area contributed by atoms with Gasteiger partial charge in [0.1, 0.15) is 10.8 Å². The fourth-order valence-electron chi connectivity index (χ4n) is 1.15. The molecule has 0 spiro atoms. The standard InChI is InChI=1S/C11H8BrNO2S/c12-10-2-1-5-13-11(10)16-7-9-4-3-8(6-14)15-9/h1-6H,7H2. The van der Waals surface area contributed by atoms with Gasteiger partial charge in [-0.15, -0.1) is 0 Å². The van der Waals surface area contributed by atoms with Crippen LogP contribution >= 0.6 is 27.7 Å². The molecular formula is C11H8BrNO2S. The maximum absolute atomic E-state index is 10.4. The molecule has 2 heterocycles. The van der Waals surface area contributed by atoms with E-state index in [1.165, 1.54) is 0 Å². The molecule has 82 valence electrons. The zero-order valence-electron chi connectivity index (χ0n) is 8.22. The van der Waals surface area contributed by atoms with Crippen LogP contribution in [-0.4, -0.2) is 11.3 Å². The van der Waals surface area contributed by atoms with Gasteiger partial charge in [0.15, 0.2) is 12.0 Å². The lowest BCUT2D eigenvalue weighted by molar-refractivity contribution is 0.109. The molecule has 5 heteroatoms. The summed E-state index contributed by atoms with van der Waals surface area (Å²) >= 11 is 4.97. The zero-order valence-corrected chi connectivity index (χ0v) is 10.6.